The molecule has 33 heavy (non-hydrogen) atoms. The van der Waals surface area contributed by atoms with Crippen LogP contribution >= 0.6 is 11.3 Å². The molecule has 3 fully saturated rings. The van der Waals surface area contributed by atoms with Gasteiger partial charge in [0.25, 0.3) is 5.91 Å². The summed E-state index contributed by atoms with van der Waals surface area (Å²) in [6, 6.07) is 2.13. The number of hydrogen-bond acceptors (Lipinski definition) is 6. The lowest BCUT2D eigenvalue weighted by atomic mass is 9.96. The normalized spacial score (nSPS) is 28.3. The number of aromatic nitrogens is 1. The molecule has 0 spiro atoms. The standard InChI is InChI=1S/C23H28N4O5S/c1-23(2)12-10-27(21(30)14-9-16-13(25-14)5-7-33-16)18(17(12)23)20(29)26-15(22(31)32-3)8-11-4-6-24-19(11)28/h5,7,9,11-12,15,17-18,25H,4,6,8,10H2,1-3H3,(H,24,28)(H,26,29)/t11-,12-,15-,17-,18-/m0/s1. The molecule has 2 aromatic rings. The summed E-state index contributed by atoms with van der Waals surface area (Å²) in [7, 11) is 1.26. The van der Waals surface area contributed by atoms with Gasteiger partial charge in [0.1, 0.15) is 17.8 Å². The van der Waals surface area contributed by atoms with Crippen molar-refractivity contribution in [2.24, 2.45) is 23.2 Å². The minimum Gasteiger partial charge on any atom is -0.467 e. The van der Waals surface area contributed by atoms with Gasteiger partial charge in [-0.05, 0) is 47.6 Å². The van der Waals surface area contributed by atoms with Crippen molar-refractivity contribution in [3.63, 3.8) is 0 Å². The second-order valence-electron chi connectivity index (χ2n) is 9.83. The Labute approximate surface area is 195 Å². The molecule has 0 unspecified atom stereocenters. The van der Waals surface area contributed by atoms with Crippen molar-refractivity contribution in [3.05, 3.63) is 23.2 Å². The van der Waals surface area contributed by atoms with Crippen molar-refractivity contribution in [2.75, 3.05) is 20.2 Å². The monoisotopic (exact) mass is 472 g/mol. The number of fused-ring (bicyclic) bond motifs is 2. The highest BCUT2D eigenvalue weighted by molar-refractivity contribution is 7.17. The summed E-state index contributed by atoms with van der Waals surface area (Å²) in [5, 5.41) is 7.52. The molecule has 4 heterocycles. The molecule has 3 amide bonds. The van der Waals surface area contributed by atoms with E-state index in [0.29, 0.717) is 25.2 Å². The number of H-pyrrole nitrogens is 1. The highest BCUT2D eigenvalue weighted by Crippen LogP contribution is 2.65. The van der Waals surface area contributed by atoms with Crippen molar-refractivity contribution in [1.29, 1.82) is 0 Å². The second kappa shape index (κ2) is 7.86. The van der Waals surface area contributed by atoms with E-state index in [1.807, 2.05) is 17.5 Å². The zero-order valence-corrected chi connectivity index (χ0v) is 19.7. The Morgan fingerprint density at radius 3 is 2.82 bits per heavy atom. The SMILES string of the molecule is COC(=O)[C@H](C[C@@H]1CCNC1=O)NC(=O)[C@@H]1[C@@H]2[C@H](CN1C(=O)c1cc3sccc3[nH]1)C2(C)C. The predicted molar refractivity (Wildman–Crippen MR) is 121 cm³/mol. The third kappa shape index (κ3) is 3.60. The average molecular weight is 473 g/mol. The Balaban J connectivity index is 1.37. The Morgan fingerprint density at radius 1 is 1.36 bits per heavy atom. The van der Waals surface area contributed by atoms with E-state index in [0.717, 1.165) is 10.2 Å². The summed E-state index contributed by atoms with van der Waals surface area (Å²) >= 11 is 1.55. The zero-order chi connectivity index (χ0) is 23.5. The van der Waals surface area contributed by atoms with Crippen LogP contribution in [0, 0.1) is 23.2 Å². The number of ether oxygens (including phenoxy) is 1. The molecule has 176 valence electrons. The Kier molecular flexibility index (Phi) is 5.23. The van der Waals surface area contributed by atoms with Crippen LogP contribution in [0.1, 0.15) is 37.2 Å². The summed E-state index contributed by atoms with van der Waals surface area (Å²) in [5.41, 5.74) is 1.30. The second-order valence-corrected chi connectivity index (χ2v) is 10.8. The first-order valence-corrected chi connectivity index (χ1v) is 12.1. The summed E-state index contributed by atoms with van der Waals surface area (Å²) in [4.78, 5) is 56.1. The van der Waals surface area contributed by atoms with Crippen LogP contribution in [-0.2, 0) is 19.1 Å². The molecule has 0 aromatic carbocycles. The maximum atomic E-state index is 13.5. The van der Waals surface area contributed by atoms with Gasteiger partial charge >= 0.3 is 5.97 Å². The van der Waals surface area contributed by atoms with E-state index in [2.05, 4.69) is 29.5 Å². The lowest BCUT2D eigenvalue weighted by Gasteiger charge is -2.31. The van der Waals surface area contributed by atoms with E-state index in [-0.39, 0.29) is 47.3 Å². The first-order valence-electron chi connectivity index (χ1n) is 11.3. The number of esters is 1. The van der Waals surface area contributed by atoms with Crippen molar-refractivity contribution in [3.8, 4) is 0 Å². The molecule has 0 radical (unpaired) electrons. The van der Waals surface area contributed by atoms with Gasteiger partial charge in [-0.25, -0.2) is 4.79 Å². The largest absolute Gasteiger partial charge is 0.467 e. The molecule has 5 rings (SSSR count). The highest BCUT2D eigenvalue weighted by atomic mass is 32.1. The van der Waals surface area contributed by atoms with E-state index in [4.69, 9.17) is 4.74 Å². The molecule has 9 nitrogen and oxygen atoms in total. The molecule has 2 aliphatic heterocycles. The number of methoxy groups -OCH3 is 1. The number of likely N-dealkylation sites (tertiary alicyclic amines) is 1. The van der Waals surface area contributed by atoms with E-state index < -0.39 is 18.1 Å². The van der Waals surface area contributed by atoms with Crippen LogP contribution in [0.5, 0.6) is 0 Å². The fourth-order valence-corrected chi connectivity index (χ4v) is 6.46. The number of carbonyl (C=O) groups is 4. The van der Waals surface area contributed by atoms with Crippen LogP contribution in [-0.4, -0.2) is 65.9 Å². The van der Waals surface area contributed by atoms with E-state index in [9.17, 15) is 19.2 Å². The molecule has 10 heteroatoms. The summed E-state index contributed by atoms with van der Waals surface area (Å²) in [6.45, 7) is 5.27. The number of amides is 3. The van der Waals surface area contributed by atoms with Gasteiger partial charge in [0, 0.05) is 19.0 Å². The van der Waals surface area contributed by atoms with Crippen molar-refractivity contribution in [1.82, 2.24) is 20.5 Å². The number of piperidine rings is 1. The summed E-state index contributed by atoms with van der Waals surface area (Å²) in [5.74, 6) is -1.40. The first kappa shape index (κ1) is 21.9. The Morgan fingerprint density at radius 2 is 2.15 bits per heavy atom. The first-order chi connectivity index (χ1) is 15.7. The smallest absolute Gasteiger partial charge is 0.328 e. The third-order valence-corrected chi connectivity index (χ3v) is 8.56. The Hall–Kier alpha value is -2.88. The number of nitrogens with one attached hydrogen (secondary N) is 3. The number of aromatic amines is 1. The molecule has 1 saturated carbocycles. The van der Waals surface area contributed by atoms with Gasteiger partial charge in [0.15, 0.2) is 0 Å². The fraction of sp³-hybridized carbons (Fsp3) is 0.565. The topological polar surface area (TPSA) is 121 Å². The molecule has 3 N–H and O–H groups in total. The van der Waals surface area contributed by atoms with Gasteiger partial charge in [0.2, 0.25) is 11.8 Å². The van der Waals surface area contributed by atoms with Crippen molar-refractivity contribution >= 4 is 45.2 Å². The average Bonchev–Trinajstić information content (AvgIpc) is 3.39. The summed E-state index contributed by atoms with van der Waals surface area (Å²) < 4.78 is 5.89. The number of nitrogens with zero attached hydrogens (tertiary/aromatic N) is 1. The van der Waals surface area contributed by atoms with E-state index >= 15 is 0 Å². The molecule has 2 aromatic heterocycles. The van der Waals surface area contributed by atoms with Crippen LogP contribution in [0.3, 0.4) is 0 Å². The van der Waals surface area contributed by atoms with Crippen molar-refractivity contribution < 1.29 is 23.9 Å². The molecule has 2 saturated heterocycles. The summed E-state index contributed by atoms with van der Waals surface area (Å²) in [6.07, 6.45) is 0.785. The molecule has 5 atom stereocenters. The van der Waals surface area contributed by atoms with Crippen molar-refractivity contribution in [2.45, 2.75) is 38.8 Å². The molecule has 0 bridgehead atoms. The lowest BCUT2D eigenvalue weighted by molar-refractivity contribution is -0.146. The minimum atomic E-state index is -0.940. The number of thiophene rings is 1. The lowest BCUT2D eigenvalue weighted by Crippen LogP contribution is -2.54. The molecular weight excluding hydrogens is 444 g/mol. The van der Waals surface area contributed by atoms with E-state index in [1.54, 1.807) is 16.2 Å². The van der Waals surface area contributed by atoms with Gasteiger partial charge in [-0.1, -0.05) is 13.8 Å². The van der Waals surface area contributed by atoms with Gasteiger partial charge < -0.3 is 25.3 Å². The fourth-order valence-electron chi connectivity index (χ4n) is 5.68. The number of hydrogen-bond donors (Lipinski definition) is 3. The number of carbonyl (C=O) groups excluding carboxylic acids is 4. The van der Waals surface area contributed by atoms with Crippen LogP contribution < -0.4 is 10.6 Å². The van der Waals surface area contributed by atoms with E-state index in [1.165, 1.54) is 7.11 Å². The van der Waals surface area contributed by atoms with Gasteiger partial charge in [-0.3, -0.25) is 14.4 Å². The quantitative estimate of drug-likeness (QED) is 0.551. The maximum Gasteiger partial charge on any atom is 0.328 e. The van der Waals surface area contributed by atoms with Crippen LogP contribution in [0.4, 0.5) is 0 Å². The van der Waals surface area contributed by atoms with Gasteiger partial charge in [-0.2, -0.15) is 0 Å². The Bertz CT molecular complexity index is 1110. The highest BCUT2D eigenvalue weighted by Gasteiger charge is 2.69. The minimum absolute atomic E-state index is 0.0191. The molecule has 3 aliphatic rings. The third-order valence-electron chi connectivity index (χ3n) is 7.69. The predicted octanol–water partition coefficient (Wildman–Crippen LogP) is 1.51. The van der Waals surface area contributed by atoms with Gasteiger partial charge in [-0.15, -0.1) is 11.3 Å². The zero-order valence-electron chi connectivity index (χ0n) is 18.8. The number of rotatable bonds is 6. The van der Waals surface area contributed by atoms with Gasteiger partial charge in [0.05, 0.1) is 17.3 Å². The molecule has 1 aliphatic carbocycles. The van der Waals surface area contributed by atoms with Crippen LogP contribution in [0.15, 0.2) is 17.5 Å². The maximum absolute atomic E-state index is 13.5. The molecular formula is C23H28N4O5S. The van der Waals surface area contributed by atoms with Crippen LogP contribution in [0.2, 0.25) is 0 Å². The van der Waals surface area contributed by atoms with Crippen LogP contribution in [0.25, 0.3) is 10.2 Å².